The monoisotopic (exact) mass is 224 g/mol. The molecule has 0 bridgehead atoms. The molecule has 0 aliphatic carbocycles. The number of hydrogen-bond donors (Lipinski definition) is 1. The highest BCUT2D eigenvalue weighted by Crippen LogP contribution is 2.27. The molecule has 2 rings (SSSR count). The molecule has 0 spiro atoms. The van der Waals surface area contributed by atoms with Crippen LogP contribution in [0.15, 0.2) is 18.5 Å². The van der Waals surface area contributed by atoms with Crippen molar-refractivity contribution in [3.8, 4) is 0 Å². The Bertz CT molecular complexity index is 491. The van der Waals surface area contributed by atoms with E-state index in [0.717, 1.165) is 16.6 Å². The zero-order chi connectivity index (χ0) is 11.0. The second kappa shape index (κ2) is 3.83. The molecule has 0 aromatic carbocycles. The van der Waals surface area contributed by atoms with Gasteiger partial charge in [-0.25, -0.2) is 4.98 Å². The second-order valence-corrected chi connectivity index (χ2v) is 4.26. The van der Waals surface area contributed by atoms with E-state index in [0.29, 0.717) is 11.1 Å². The van der Waals surface area contributed by atoms with Gasteiger partial charge < -0.3 is 9.67 Å². The Morgan fingerprint density at radius 1 is 1.53 bits per heavy atom. The largest absolute Gasteiger partial charge is 0.392 e. The van der Waals surface area contributed by atoms with Gasteiger partial charge in [0.1, 0.15) is 5.65 Å². The quantitative estimate of drug-likeness (QED) is 0.852. The average molecular weight is 225 g/mol. The molecule has 2 aromatic rings. The topological polar surface area (TPSA) is 38.0 Å². The fourth-order valence-electron chi connectivity index (χ4n) is 1.62. The zero-order valence-corrected chi connectivity index (χ0v) is 9.49. The molecule has 0 saturated carbocycles. The van der Waals surface area contributed by atoms with E-state index in [2.05, 4.69) is 18.8 Å². The van der Waals surface area contributed by atoms with Crippen LogP contribution >= 0.6 is 11.6 Å². The van der Waals surface area contributed by atoms with Gasteiger partial charge in [-0.05, 0) is 25.5 Å². The van der Waals surface area contributed by atoms with Gasteiger partial charge in [0.05, 0.1) is 11.6 Å². The first-order valence-electron chi connectivity index (χ1n) is 4.89. The number of halogens is 1. The van der Waals surface area contributed by atoms with Crippen LogP contribution in [-0.2, 0) is 6.61 Å². The van der Waals surface area contributed by atoms with Crippen molar-refractivity contribution >= 4 is 22.6 Å². The van der Waals surface area contributed by atoms with Gasteiger partial charge in [0.15, 0.2) is 0 Å². The Labute approximate surface area is 93.3 Å². The summed E-state index contributed by atoms with van der Waals surface area (Å²) < 4.78 is 2.03. The maximum absolute atomic E-state index is 9.01. The first-order valence-corrected chi connectivity index (χ1v) is 5.27. The van der Waals surface area contributed by atoms with E-state index in [1.165, 1.54) is 0 Å². The molecule has 0 aliphatic heterocycles. The van der Waals surface area contributed by atoms with E-state index in [-0.39, 0.29) is 6.61 Å². The molecule has 0 aliphatic rings. The predicted octanol–water partition coefficient (Wildman–Crippen LogP) is 2.76. The summed E-state index contributed by atoms with van der Waals surface area (Å²) in [6.07, 6.45) is 3.56. The predicted molar refractivity (Wildman–Crippen MR) is 61.1 cm³/mol. The van der Waals surface area contributed by atoms with Crippen molar-refractivity contribution in [1.82, 2.24) is 9.55 Å². The molecule has 4 heteroatoms. The van der Waals surface area contributed by atoms with Crippen LogP contribution in [0.3, 0.4) is 0 Å². The minimum absolute atomic E-state index is 0.00781. The lowest BCUT2D eigenvalue weighted by Crippen LogP contribution is -1.99. The van der Waals surface area contributed by atoms with Crippen molar-refractivity contribution in [2.24, 2.45) is 0 Å². The summed E-state index contributed by atoms with van der Waals surface area (Å²) >= 11 is 6.11. The molecular formula is C11H13ClN2O. The van der Waals surface area contributed by atoms with Gasteiger partial charge in [0, 0.05) is 23.8 Å². The van der Waals surface area contributed by atoms with Gasteiger partial charge in [0.25, 0.3) is 0 Å². The van der Waals surface area contributed by atoms with Gasteiger partial charge in [-0.15, -0.1) is 0 Å². The maximum Gasteiger partial charge on any atom is 0.141 e. The lowest BCUT2D eigenvalue weighted by Gasteiger charge is -2.07. The van der Waals surface area contributed by atoms with Crippen molar-refractivity contribution in [2.75, 3.05) is 0 Å². The Hall–Kier alpha value is -1.06. The summed E-state index contributed by atoms with van der Waals surface area (Å²) in [6.45, 7) is 4.15. The summed E-state index contributed by atoms with van der Waals surface area (Å²) in [4.78, 5) is 4.31. The SMILES string of the molecule is CC(C)n1cc(Cl)c2cc(CO)cnc21. The van der Waals surface area contributed by atoms with Gasteiger partial charge in [0.2, 0.25) is 0 Å². The van der Waals surface area contributed by atoms with E-state index in [4.69, 9.17) is 16.7 Å². The van der Waals surface area contributed by atoms with Crippen molar-refractivity contribution in [1.29, 1.82) is 0 Å². The van der Waals surface area contributed by atoms with E-state index >= 15 is 0 Å². The third-order valence-electron chi connectivity index (χ3n) is 2.42. The first kappa shape index (κ1) is 10.5. The highest BCUT2D eigenvalue weighted by molar-refractivity contribution is 6.35. The third kappa shape index (κ3) is 1.73. The van der Waals surface area contributed by atoms with E-state index in [9.17, 15) is 0 Å². The molecule has 0 radical (unpaired) electrons. The Kier molecular flexibility index (Phi) is 2.67. The lowest BCUT2D eigenvalue weighted by molar-refractivity contribution is 0.281. The molecule has 1 N–H and O–H groups in total. The molecule has 0 fully saturated rings. The summed E-state index contributed by atoms with van der Waals surface area (Å²) in [7, 11) is 0. The molecule has 80 valence electrons. The Morgan fingerprint density at radius 3 is 2.87 bits per heavy atom. The standard InChI is InChI=1S/C11H13ClN2O/c1-7(2)14-5-10(12)9-3-8(6-15)4-13-11(9)14/h3-5,7,15H,6H2,1-2H3. The number of aliphatic hydroxyl groups excluding tert-OH is 1. The Balaban J connectivity index is 2.69. The van der Waals surface area contributed by atoms with E-state index < -0.39 is 0 Å². The number of aromatic nitrogens is 2. The van der Waals surface area contributed by atoms with Crippen LogP contribution in [0.2, 0.25) is 5.02 Å². The van der Waals surface area contributed by atoms with Crippen LogP contribution in [0.25, 0.3) is 11.0 Å². The number of fused-ring (bicyclic) bond motifs is 1. The molecular weight excluding hydrogens is 212 g/mol. The van der Waals surface area contributed by atoms with Crippen LogP contribution in [0.1, 0.15) is 25.5 Å². The molecule has 2 aromatic heterocycles. The lowest BCUT2D eigenvalue weighted by atomic mass is 10.2. The van der Waals surface area contributed by atoms with Crippen molar-refractivity contribution in [3.63, 3.8) is 0 Å². The number of hydrogen-bond acceptors (Lipinski definition) is 2. The molecule has 3 nitrogen and oxygen atoms in total. The van der Waals surface area contributed by atoms with Crippen LogP contribution in [0.5, 0.6) is 0 Å². The molecule has 0 amide bonds. The molecule has 2 heterocycles. The van der Waals surface area contributed by atoms with Gasteiger partial charge in [-0.3, -0.25) is 0 Å². The van der Waals surface area contributed by atoms with E-state index in [1.807, 2.05) is 16.8 Å². The zero-order valence-electron chi connectivity index (χ0n) is 8.74. The highest BCUT2D eigenvalue weighted by atomic mass is 35.5. The normalized spacial score (nSPS) is 11.5. The minimum atomic E-state index is -0.00781. The third-order valence-corrected chi connectivity index (χ3v) is 2.72. The van der Waals surface area contributed by atoms with Crippen LogP contribution in [0, 0.1) is 0 Å². The van der Waals surface area contributed by atoms with Gasteiger partial charge in [-0.2, -0.15) is 0 Å². The van der Waals surface area contributed by atoms with Crippen molar-refractivity contribution in [3.05, 3.63) is 29.0 Å². The van der Waals surface area contributed by atoms with Crippen molar-refractivity contribution in [2.45, 2.75) is 26.5 Å². The van der Waals surface area contributed by atoms with Crippen LogP contribution in [0.4, 0.5) is 0 Å². The summed E-state index contributed by atoms with van der Waals surface area (Å²) in [5.74, 6) is 0. The fourth-order valence-corrected chi connectivity index (χ4v) is 1.86. The fraction of sp³-hybridized carbons (Fsp3) is 0.364. The minimum Gasteiger partial charge on any atom is -0.392 e. The average Bonchev–Trinajstić information content (AvgIpc) is 2.56. The highest BCUT2D eigenvalue weighted by Gasteiger charge is 2.10. The molecule has 0 unspecified atom stereocenters. The van der Waals surface area contributed by atoms with E-state index in [1.54, 1.807) is 6.20 Å². The summed E-state index contributed by atoms with van der Waals surface area (Å²) in [5, 5.41) is 10.6. The summed E-state index contributed by atoms with van der Waals surface area (Å²) in [5.41, 5.74) is 1.65. The molecule has 0 atom stereocenters. The Morgan fingerprint density at radius 2 is 2.27 bits per heavy atom. The number of nitrogens with zero attached hydrogens (tertiary/aromatic N) is 2. The number of aliphatic hydroxyl groups is 1. The first-order chi connectivity index (χ1) is 7.13. The maximum atomic E-state index is 9.01. The van der Waals surface area contributed by atoms with Gasteiger partial charge >= 0.3 is 0 Å². The number of rotatable bonds is 2. The van der Waals surface area contributed by atoms with Crippen LogP contribution < -0.4 is 0 Å². The smallest absolute Gasteiger partial charge is 0.141 e. The summed E-state index contributed by atoms with van der Waals surface area (Å²) in [6, 6.07) is 2.20. The number of pyridine rings is 1. The molecule has 0 saturated heterocycles. The van der Waals surface area contributed by atoms with Gasteiger partial charge in [-0.1, -0.05) is 11.6 Å². The van der Waals surface area contributed by atoms with Crippen LogP contribution in [-0.4, -0.2) is 14.7 Å². The molecule has 15 heavy (non-hydrogen) atoms. The van der Waals surface area contributed by atoms with Crippen molar-refractivity contribution < 1.29 is 5.11 Å². The second-order valence-electron chi connectivity index (χ2n) is 3.85.